The molecule has 2 aromatic rings. The van der Waals surface area contributed by atoms with E-state index in [9.17, 15) is 19.6 Å². The van der Waals surface area contributed by atoms with Gasteiger partial charge in [0.2, 0.25) is 5.91 Å². The molecule has 0 heterocycles. The number of amides is 4. The summed E-state index contributed by atoms with van der Waals surface area (Å²) in [4.78, 5) is 34.8. The van der Waals surface area contributed by atoms with Crippen LogP contribution < -0.4 is 16.4 Å². The molecule has 2 aromatic carbocycles. The lowest BCUT2D eigenvalue weighted by molar-refractivity contribution is -0.118. The summed E-state index contributed by atoms with van der Waals surface area (Å²) in [7, 11) is 0. The number of urea groups is 1. The number of nitriles is 1. The van der Waals surface area contributed by atoms with Crippen molar-refractivity contribution in [3.8, 4) is 6.07 Å². The van der Waals surface area contributed by atoms with E-state index in [0.717, 1.165) is 5.56 Å². The minimum atomic E-state index is -0.963. The fraction of sp³-hybridized carbons (Fsp3) is 0.158. The summed E-state index contributed by atoms with van der Waals surface area (Å²) in [6, 6.07) is 16.6. The second kappa shape index (κ2) is 8.99. The van der Waals surface area contributed by atoms with Crippen LogP contribution in [-0.2, 0) is 11.2 Å². The number of nitrogens with one attached hydrogen (secondary N) is 2. The number of hydrogen-bond donors (Lipinski definition) is 3. The zero-order valence-electron chi connectivity index (χ0n) is 13.9. The van der Waals surface area contributed by atoms with Crippen LogP contribution in [0.15, 0.2) is 54.6 Å². The second-order valence-electron chi connectivity index (χ2n) is 5.59. The molecule has 1 unspecified atom stereocenters. The van der Waals surface area contributed by atoms with E-state index in [0.29, 0.717) is 18.5 Å². The average molecular weight is 350 g/mol. The van der Waals surface area contributed by atoms with Crippen LogP contribution in [0, 0.1) is 17.2 Å². The topological polar surface area (TPSA) is 125 Å². The molecule has 0 aliphatic rings. The summed E-state index contributed by atoms with van der Waals surface area (Å²) in [5.74, 6) is -1.94. The van der Waals surface area contributed by atoms with Gasteiger partial charge in [-0.1, -0.05) is 36.4 Å². The molecular weight excluding hydrogens is 332 g/mol. The first kappa shape index (κ1) is 18.7. The van der Waals surface area contributed by atoms with Gasteiger partial charge in [0, 0.05) is 11.3 Å². The van der Waals surface area contributed by atoms with Crippen LogP contribution in [0.2, 0.25) is 0 Å². The number of benzene rings is 2. The zero-order valence-corrected chi connectivity index (χ0v) is 13.9. The zero-order chi connectivity index (χ0) is 18.9. The number of nitrogens with zero attached hydrogens (tertiary/aromatic N) is 1. The molecule has 7 heteroatoms. The summed E-state index contributed by atoms with van der Waals surface area (Å²) in [5, 5.41) is 13.8. The van der Waals surface area contributed by atoms with Crippen molar-refractivity contribution in [2.45, 2.75) is 12.8 Å². The molecule has 1 atom stereocenters. The maximum atomic E-state index is 12.3. The molecular formula is C19H18N4O3. The molecule has 0 radical (unpaired) electrons. The van der Waals surface area contributed by atoms with Crippen molar-refractivity contribution in [3.63, 3.8) is 0 Å². The van der Waals surface area contributed by atoms with Gasteiger partial charge in [0.15, 0.2) is 0 Å². The maximum Gasteiger partial charge on any atom is 0.319 e. The van der Waals surface area contributed by atoms with Crippen molar-refractivity contribution in [1.82, 2.24) is 5.32 Å². The van der Waals surface area contributed by atoms with Crippen LogP contribution in [0.1, 0.15) is 22.3 Å². The molecule has 4 N–H and O–H groups in total. The lowest BCUT2D eigenvalue weighted by Gasteiger charge is -2.11. The largest absolute Gasteiger partial charge is 0.351 e. The van der Waals surface area contributed by atoms with Crippen molar-refractivity contribution in [2.75, 3.05) is 5.32 Å². The third-order valence-corrected chi connectivity index (χ3v) is 3.67. The van der Waals surface area contributed by atoms with Crippen LogP contribution in [-0.4, -0.2) is 17.8 Å². The Morgan fingerprint density at radius 2 is 1.81 bits per heavy atom. The first-order valence-electron chi connectivity index (χ1n) is 7.95. The Morgan fingerprint density at radius 1 is 1.08 bits per heavy atom. The number of anilines is 1. The fourth-order valence-corrected chi connectivity index (χ4v) is 2.36. The monoisotopic (exact) mass is 350 g/mol. The van der Waals surface area contributed by atoms with Crippen LogP contribution in [0.25, 0.3) is 0 Å². The van der Waals surface area contributed by atoms with Gasteiger partial charge in [-0.25, -0.2) is 4.79 Å². The highest BCUT2D eigenvalue weighted by Gasteiger charge is 2.18. The van der Waals surface area contributed by atoms with Gasteiger partial charge in [0.25, 0.3) is 5.91 Å². The summed E-state index contributed by atoms with van der Waals surface area (Å²) in [6.07, 6.45) is 0.988. The van der Waals surface area contributed by atoms with Gasteiger partial charge >= 0.3 is 6.03 Å². The first-order valence-corrected chi connectivity index (χ1v) is 7.95. The molecule has 0 bridgehead atoms. The Labute approximate surface area is 150 Å². The van der Waals surface area contributed by atoms with Crippen LogP contribution in [0.5, 0.6) is 0 Å². The maximum absolute atomic E-state index is 12.3. The van der Waals surface area contributed by atoms with E-state index in [1.165, 1.54) is 12.1 Å². The Kier molecular flexibility index (Phi) is 6.46. The molecule has 132 valence electrons. The fourth-order valence-electron chi connectivity index (χ4n) is 2.36. The number of imide groups is 1. The van der Waals surface area contributed by atoms with Crippen LogP contribution >= 0.6 is 0 Å². The lowest BCUT2D eigenvalue weighted by Crippen LogP contribution is -2.35. The van der Waals surface area contributed by atoms with E-state index in [-0.39, 0.29) is 5.56 Å². The van der Waals surface area contributed by atoms with Crippen LogP contribution in [0.3, 0.4) is 0 Å². The average Bonchev–Trinajstić information content (AvgIpc) is 2.63. The summed E-state index contributed by atoms with van der Waals surface area (Å²) >= 11 is 0. The van der Waals surface area contributed by atoms with E-state index in [4.69, 9.17) is 5.73 Å². The number of primary amides is 1. The number of carbonyl (C=O) groups excluding carboxylic acids is 3. The molecule has 0 saturated carbocycles. The molecule has 0 aromatic heterocycles. The minimum Gasteiger partial charge on any atom is -0.351 e. The standard InChI is InChI=1S/C19H18N4O3/c20-12-15(10-9-13-5-2-1-3-6-13)18(25)22-16-8-4-7-14(11-16)17(24)23-19(21)26/h1-8,11,15H,9-10H2,(H,22,25)(H3,21,23,24,26). The van der Waals surface area contributed by atoms with E-state index < -0.39 is 23.8 Å². The Balaban J connectivity index is 2.00. The highest BCUT2D eigenvalue weighted by molar-refractivity contribution is 6.04. The molecule has 7 nitrogen and oxygen atoms in total. The summed E-state index contributed by atoms with van der Waals surface area (Å²) < 4.78 is 0. The molecule has 2 rings (SSSR count). The van der Waals surface area contributed by atoms with Crippen molar-refractivity contribution >= 4 is 23.5 Å². The molecule has 0 aliphatic carbocycles. The van der Waals surface area contributed by atoms with Crippen molar-refractivity contribution < 1.29 is 14.4 Å². The molecule has 4 amide bonds. The third-order valence-electron chi connectivity index (χ3n) is 3.67. The first-order chi connectivity index (χ1) is 12.5. The van der Waals surface area contributed by atoms with Gasteiger partial charge < -0.3 is 11.1 Å². The van der Waals surface area contributed by atoms with E-state index in [2.05, 4.69) is 5.32 Å². The van der Waals surface area contributed by atoms with Gasteiger partial charge in [-0.15, -0.1) is 0 Å². The predicted octanol–water partition coefficient (Wildman–Crippen LogP) is 2.21. The second-order valence-corrected chi connectivity index (χ2v) is 5.59. The Bertz CT molecular complexity index is 843. The minimum absolute atomic E-state index is 0.166. The van der Waals surface area contributed by atoms with Gasteiger partial charge in [-0.05, 0) is 36.6 Å². The highest BCUT2D eigenvalue weighted by Crippen LogP contribution is 2.15. The van der Waals surface area contributed by atoms with Gasteiger partial charge in [-0.2, -0.15) is 5.26 Å². The van der Waals surface area contributed by atoms with Crippen molar-refractivity contribution in [3.05, 3.63) is 65.7 Å². The highest BCUT2D eigenvalue weighted by atomic mass is 16.2. The van der Waals surface area contributed by atoms with Crippen LogP contribution in [0.4, 0.5) is 10.5 Å². The number of carbonyl (C=O) groups is 3. The SMILES string of the molecule is N#CC(CCc1ccccc1)C(=O)Nc1cccc(C(=O)NC(N)=O)c1. The van der Waals surface area contributed by atoms with E-state index in [1.54, 1.807) is 12.1 Å². The molecule has 0 spiro atoms. The summed E-state index contributed by atoms with van der Waals surface area (Å²) in [6.45, 7) is 0. The normalized spacial score (nSPS) is 11.0. The van der Waals surface area contributed by atoms with E-state index in [1.807, 2.05) is 41.7 Å². The van der Waals surface area contributed by atoms with E-state index >= 15 is 0 Å². The van der Waals surface area contributed by atoms with Gasteiger partial charge in [0.1, 0.15) is 5.92 Å². The van der Waals surface area contributed by atoms with Gasteiger partial charge in [0.05, 0.1) is 6.07 Å². The molecule has 0 saturated heterocycles. The van der Waals surface area contributed by atoms with Crippen molar-refractivity contribution in [2.24, 2.45) is 11.7 Å². The quantitative estimate of drug-likeness (QED) is 0.738. The lowest BCUT2D eigenvalue weighted by atomic mass is 10.00. The predicted molar refractivity (Wildman–Crippen MR) is 96.0 cm³/mol. The smallest absolute Gasteiger partial charge is 0.319 e. The Morgan fingerprint density at radius 3 is 2.46 bits per heavy atom. The number of aryl methyl sites for hydroxylation is 1. The third kappa shape index (κ3) is 5.46. The number of rotatable bonds is 6. The van der Waals surface area contributed by atoms with Gasteiger partial charge in [-0.3, -0.25) is 14.9 Å². The molecule has 0 aliphatic heterocycles. The van der Waals surface area contributed by atoms with Crippen molar-refractivity contribution in [1.29, 1.82) is 5.26 Å². The number of hydrogen-bond acceptors (Lipinski definition) is 4. The number of nitrogens with two attached hydrogens (primary N) is 1. The summed E-state index contributed by atoms with van der Waals surface area (Å²) in [5.41, 5.74) is 6.48. The Hall–Kier alpha value is -3.66. The molecule has 26 heavy (non-hydrogen) atoms. The molecule has 0 fully saturated rings.